The summed E-state index contributed by atoms with van der Waals surface area (Å²) in [4.78, 5) is 22.7. The Morgan fingerprint density at radius 1 is 1.35 bits per heavy atom. The zero-order chi connectivity index (χ0) is 14.7. The summed E-state index contributed by atoms with van der Waals surface area (Å²) in [5.41, 5.74) is -0.106. The van der Waals surface area contributed by atoms with E-state index in [4.69, 9.17) is 24.1 Å². The van der Waals surface area contributed by atoms with Crippen LogP contribution in [-0.4, -0.2) is 36.5 Å². The number of hydrogen-bond acceptors (Lipinski definition) is 6. The number of fused-ring (bicyclic) bond motifs is 1. The van der Waals surface area contributed by atoms with E-state index in [9.17, 15) is 9.59 Å². The molecular formula is C13H14O7. The summed E-state index contributed by atoms with van der Waals surface area (Å²) in [7, 11) is 0. The maximum Gasteiger partial charge on any atom is 0.347 e. The van der Waals surface area contributed by atoms with E-state index in [0.29, 0.717) is 11.5 Å². The van der Waals surface area contributed by atoms with E-state index in [1.54, 1.807) is 6.92 Å². The van der Waals surface area contributed by atoms with Crippen molar-refractivity contribution in [2.24, 2.45) is 0 Å². The van der Waals surface area contributed by atoms with Crippen LogP contribution in [0.25, 0.3) is 0 Å². The molecule has 7 heteroatoms. The van der Waals surface area contributed by atoms with Crippen molar-refractivity contribution in [3.63, 3.8) is 0 Å². The summed E-state index contributed by atoms with van der Waals surface area (Å²) in [6.45, 7) is 3.40. The van der Waals surface area contributed by atoms with Crippen LogP contribution in [0, 0.1) is 0 Å². The molecule has 0 fully saturated rings. The van der Waals surface area contributed by atoms with Crippen molar-refractivity contribution >= 4 is 11.9 Å². The fourth-order valence-electron chi connectivity index (χ4n) is 1.69. The SMILES string of the molecule is CCOC(=O)C(C)Oc1cc2c(cc1C(=O)O)OCO2. The molecule has 1 unspecified atom stereocenters. The Morgan fingerprint density at radius 3 is 2.60 bits per heavy atom. The number of benzene rings is 1. The number of carboxylic acids is 1. The number of carbonyl (C=O) groups excluding carboxylic acids is 1. The van der Waals surface area contributed by atoms with E-state index in [1.807, 2.05) is 0 Å². The van der Waals surface area contributed by atoms with Crippen LogP contribution in [0.15, 0.2) is 12.1 Å². The first kappa shape index (κ1) is 14.0. The van der Waals surface area contributed by atoms with Crippen molar-refractivity contribution in [1.82, 2.24) is 0 Å². The van der Waals surface area contributed by atoms with Crippen LogP contribution in [0.3, 0.4) is 0 Å². The van der Waals surface area contributed by atoms with Gasteiger partial charge in [-0.05, 0) is 13.8 Å². The molecule has 1 aromatic rings. The van der Waals surface area contributed by atoms with Gasteiger partial charge in [0.05, 0.1) is 6.61 Å². The standard InChI is InChI=1S/C13H14O7/c1-3-17-13(16)7(2)20-9-5-11-10(18-6-19-11)4-8(9)12(14)15/h4-5,7H,3,6H2,1-2H3,(H,14,15). The van der Waals surface area contributed by atoms with Gasteiger partial charge in [0, 0.05) is 12.1 Å². The van der Waals surface area contributed by atoms with Crippen molar-refractivity contribution < 1.29 is 33.6 Å². The predicted octanol–water partition coefficient (Wildman–Crippen LogP) is 1.44. The summed E-state index contributed by atoms with van der Waals surface area (Å²) in [5, 5.41) is 9.16. The first-order chi connectivity index (χ1) is 9.52. The molecule has 0 amide bonds. The van der Waals surface area contributed by atoms with Crippen molar-refractivity contribution in [1.29, 1.82) is 0 Å². The smallest absolute Gasteiger partial charge is 0.347 e. The zero-order valence-corrected chi connectivity index (χ0v) is 11.0. The Labute approximate surface area is 115 Å². The molecule has 1 aliphatic heterocycles. The number of carboxylic acid groups (broad SMARTS) is 1. The largest absolute Gasteiger partial charge is 0.478 e. The van der Waals surface area contributed by atoms with Crippen molar-refractivity contribution in [2.45, 2.75) is 20.0 Å². The highest BCUT2D eigenvalue weighted by Crippen LogP contribution is 2.38. The van der Waals surface area contributed by atoms with Gasteiger partial charge in [-0.25, -0.2) is 9.59 Å². The van der Waals surface area contributed by atoms with Gasteiger partial charge < -0.3 is 24.1 Å². The lowest BCUT2D eigenvalue weighted by molar-refractivity contribution is -0.150. The Hall–Kier alpha value is -2.44. The van der Waals surface area contributed by atoms with E-state index in [1.165, 1.54) is 19.1 Å². The number of hydrogen-bond donors (Lipinski definition) is 1. The molecule has 108 valence electrons. The number of esters is 1. The zero-order valence-electron chi connectivity index (χ0n) is 11.0. The molecular weight excluding hydrogens is 268 g/mol. The van der Waals surface area contributed by atoms with Gasteiger partial charge in [0.25, 0.3) is 0 Å². The number of ether oxygens (including phenoxy) is 4. The molecule has 0 radical (unpaired) electrons. The molecule has 0 aliphatic carbocycles. The topological polar surface area (TPSA) is 91.3 Å². The van der Waals surface area contributed by atoms with Crippen LogP contribution < -0.4 is 14.2 Å². The maximum absolute atomic E-state index is 11.5. The summed E-state index contributed by atoms with van der Waals surface area (Å²) in [6.07, 6.45) is -0.923. The molecule has 2 rings (SSSR count). The van der Waals surface area contributed by atoms with E-state index in [2.05, 4.69) is 0 Å². The minimum Gasteiger partial charge on any atom is -0.478 e. The van der Waals surface area contributed by atoms with Crippen molar-refractivity contribution in [3.05, 3.63) is 17.7 Å². The molecule has 1 N–H and O–H groups in total. The van der Waals surface area contributed by atoms with Crippen LogP contribution in [-0.2, 0) is 9.53 Å². The maximum atomic E-state index is 11.5. The number of aromatic carboxylic acids is 1. The van der Waals surface area contributed by atoms with Crippen LogP contribution in [0.2, 0.25) is 0 Å². The van der Waals surface area contributed by atoms with Gasteiger partial charge in [-0.1, -0.05) is 0 Å². The molecule has 0 bridgehead atoms. The Kier molecular flexibility index (Phi) is 3.97. The lowest BCUT2D eigenvalue weighted by Crippen LogP contribution is -2.26. The van der Waals surface area contributed by atoms with Gasteiger partial charge >= 0.3 is 11.9 Å². The Balaban J connectivity index is 2.26. The summed E-state index contributed by atoms with van der Waals surface area (Å²) < 4.78 is 20.4. The first-order valence-electron chi connectivity index (χ1n) is 6.03. The van der Waals surface area contributed by atoms with E-state index in [-0.39, 0.29) is 24.7 Å². The van der Waals surface area contributed by atoms with Crippen LogP contribution in [0.1, 0.15) is 24.2 Å². The fourth-order valence-corrected chi connectivity index (χ4v) is 1.69. The fraction of sp³-hybridized carbons (Fsp3) is 0.385. The molecule has 0 saturated carbocycles. The molecule has 0 aromatic heterocycles. The van der Waals surface area contributed by atoms with Crippen LogP contribution >= 0.6 is 0 Å². The minimum atomic E-state index is -1.19. The second kappa shape index (κ2) is 5.68. The average molecular weight is 282 g/mol. The van der Waals surface area contributed by atoms with Gasteiger partial charge in [0.15, 0.2) is 17.6 Å². The quantitative estimate of drug-likeness (QED) is 0.817. The van der Waals surface area contributed by atoms with E-state index in [0.717, 1.165) is 0 Å². The monoisotopic (exact) mass is 282 g/mol. The molecule has 7 nitrogen and oxygen atoms in total. The third kappa shape index (κ3) is 2.76. The van der Waals surface area contributed by atoms with Gasteiger partial charge in [0.1, 0.15) is 11.3 Å². The Morgan fingerprint density at radius 2 is 2.00 bits per heavy atom. The van der Waals surface area contributed by atoms with E-state index >= 15 is 0 Å². The highest BCUT2D eigenvalue weighted by Gasteiger charge is 2.24. The lowest BCUT2D eigenvalue weighted by atomic mass is 10.1. The summed E-state index contributed by atoms with van der Waals surface area (Å²) in [6, 6.07) is 2.69. The number of rotatable bonds is 5. The van der Waals surface area contributed by atoms with Crippen molar-refractivity contribution in [3.8, 4) is 17.2 Å². The average Bonchev–Trinajstić information content (AvgIpc) is 2.84. The molecule has 0 spiro atoms. The highest BCUT2D eigenvalue weighted by molar-refractivity contribution is 5.92. The summed E-state index contributed by atoms with van der Waals surface area (Å²) in [5.74, 6) is -1.02. The van der Waals surface area contributed by atoms with Crippen LogP contribution in [0.5, 0.6) is 17.2 Å². The molecule has 1 aromatic carbocycles. The van der Waals surface area contributed by atoms with Gasteiger partial charge in [-0.15, -0.1) is 0 Å². The third-order valence-corrected chi connectivity index (χ3v) is 2.63. The predicted molar refractivity (Wildman–Crippen MR) is 66.2 cm³/mol. The highest BCUT2D eigenvalue weighted by atomic mass is 16.7. The lowest BCUT2D eigenvalue weighted by Gasteiger charge is -2.15. The summed E-state index contributed by atoms with van der Waals surface area (Å²) >= 11 is 0. The van der Waals surface area contributed by atoms with Gasteiger partial charge in [-0.2, -0.15) is 0 Å². The molecule has 0 saturated heterocycles. The molecule has 1 aliphatic rings. The Bertz CT molecular complexity index is 538. The minimum absolute atomic E-state index is 0.0191. The second-order valence-electron chi connectivity index (χ2n) is 4.02. The molecule has 1 atom stereocenters. The van der Waals surface area contributed by atoms with Crippen LogP contribution in [0.4, 0.5) is 0 Å². The van der Waals surface area contributed by atoms with Gasteiger partial charge in [0.2, 0.25) is 6.79 Å². The third-order valence-electron chi connectivity index (χ3n) is 2.63. The number of carbonyl (C=O) groups is 2. The van der Waals surface area contributed by atoms with E-state index < -0.39 is 18.0 Å². The first-order valence-corrected chi connectivity index (χ1v) is 6.03. The molecule has 20 heavy (non-hydrogen) atoms. The van der Waals surface area contributed by atoms with Crippen molar-refractivity contribution in [2.75, 3.05) is 13.4 Å². The normalized spacial score (nSPS) is 13.7. The molecule has 1 heterocycles. The van der Waals surface area contributed by atoms with Gasteiger partial charge in [-0.3, -0.25) is 0 Å². The second-order valence-corrected chi connectivity index (χ2v) is 4.02.